The Labute approximate surface area is 122 Å². The van der Waals surface area contributed by atoms with Gasteiger partial charge < -0.3 is 10.6 Å². The fourth-order valence-corrected chi connectivity index (χ4v) is 2.26. The molecule has 0 spiro atoms. The molecule has 0 aliphatic rings. The van der Waals surface area contributed by atoms with Gasteiger partial charge in [-0.2, -0.15) is 0 Å². The molecule has 2 N–H and O–H groups in total. The topological polar surface area (TPSA) is 66.9 Å². The van der Waals surface area contributed by atoms with Gasteiger partial charge in [-0.3, -0.25) is 4.79 Å². The summed E-state index contributed by atoms with van der Waals surface area (Å²) in [7, 11) is 0. The fraction of sp³-hybridized carbons (Fsp3) is 0.357. The highest BCUT2D eigenvalue weighted by molar-refractivity contribution is 7.10. The zero-order chi connectivity index (χ0) is 14.4. The van der Waals surface area contributed by atoms with Crippen LogP contribution in [-0.2, 0) is 11.2 Å². The molecular formula is C14H18N4OS. The molecule has 106 valence electrons. The number of carbonyl (C=O) groups excluding carboxylic acids is 1. The number of hydrogen-bond acceptors (Lipinski definition) is 5. The van der Waals surface area contributed by atoms with E-state index < -0.39 is 0 Å². The largest absolute Gasteiger partial charge is 0.368 e. The molecule has 0 aliphatic carbocycles. The standard InChI is InChI=1S/C14H18N4OS/c1-10(2)9-15-12-5-6-13(18-17-12)16-14(19)8-11-4-3-7-20-11/h3-7,10H,8-9H2,1-2H3,(H,15,17)(H,16,18,19). The van der Waals surface area contributed by atoms with Crippen LogP contribution in [-0.4, -0.2) is 22.6 Å². The van der Waals surface area contributed by atoms with Gasteiger partial charge in [0.15, 0.2) is 5.82 Å². The van der Waals surface area contributed by atoms with Crippen molar-refractivity contribution in [3.63, 3.8) is 0 Å². The summed E-state index contributed by atoms with van der Waals surface area (Å²) in [5.74, 6) is 1.66. The van der Waals surface area contributed by atoms with E-state index in [9.17, 15) is 4.79 Å². The fourth-order valence-electron chi connectivity index (χ4n) is 1.56. The van der Waals surface area contributed by atoms with Gasteiger partial charge in [0.2, 0.25) is 5.91 Å². The van der Waals surface area contributed by atoms with E-state index in [-0.39, 0.29) is 5.91 Å². The van der Waals surface area contributed by atoms with Crippen molar-refractivity contribution in [3.8, 4) is 0 Å². The Balaban J connectivity index is 1.85. The Morgan fingerprint density at radius 3 is 2.60 bits per heavy atom. The van der Waals surface area contributed by atoms with E-state index in [2.05, 4.69) is 34.7 Å². The maximum atomic E-state index is 11.8. The first-order valence-electron chi connectivity index (χ1n) is 6.53. The van der Waals surface area contributed by atoms with Gasteiger partial charge in [0.05, 0.1) is 6.42 Å². The number of aromatic nitrogens is 2. The average molecular weight is 290 g/mol. The molecule has 0 fully saturated rings. The smallest absolute Gasteiger partial charge is 0.230 e. The van der Waals surface area contributed by atoms with Gasteiger partial charge in [0.25, 0.3) is 0 Å². The summed E-state index contributed by atoms with van der Waals surface area (Å²) in [5.41, 5.74) is 0. The number of carbonyl (C=O) groups is 1. The van der Waals surface area contributed by atoms with E-state index >= 15 is 0 Å². The highest BCUT2D eigenvalue weighted by atomic mass is 32.1. The predicted molar refractivity (Wildman–Crippen MR) is 82.0 cm³/mol. The second-order valence-electron chi connectivity index (χ2n) is 4.88. The zero-order valence-corrected chi connectivity index (χ0v) is 12.4. The van der Waals surface area contributed by atoms with Crippen LogP contribution in [0.5, 0.6) is 0 Å². The number of nitrogens with one attached hydrogen (secondary N) is 2. The number of nitrogens with zero attached hydrogens (tertiary/aromatic N) is 2. The molecule has 2 aromatic rings. The third-order valence-electron chi connectivity index (χ3n) is 2.54. The lowest BCUT2D eigenvalue weighted by atomic mass is 10.2. The minimum Gasteiger partial charge on any atom is -0.368 e. The van der Waals surface area contributed by atoms with Crippen LogP contribution in [0.15, 0.2) is 29.6 Å². The van der Waals surface area contributed by atoms with Crippen LogP contribution in [0.2, 0.25) is 0 Å². The third kappa shape index (κ3) is 4.62. The van der Waals surface area contributed by atoms with Gasteiger partial charge in [0.1, 0.15) is 5.82 Å². The first-order chi connectivity index (χ1) is 9.63. The van der Waals surface area contributed by atoms with Crippen LogP contribution >= 0.6 is 11.3 Å². The van der Waals surface area contributed by atoms with Crippen molar-refractivity contribution in [2.75, 3.05) is 17.2 Å². The van der Waals surface area contributed by atoms with E-state index in [1.54, 1.807) is 17.4 Å². The molecule has 0 unspecified atom stereocenters. The highest BCUT2D eigenvalue weighted by Crippen LogP contribution is 2.11. The van der Waals surface area contributed by atoms with Gasteiger partial charge in [-0.05, 0) is 29.5 Å². The normalized spacial score (nSPS) is 10.6. The second-order valence-corrected chi connectivity index (χ2v) is 5.92. The molecule has 6 heteroatoms. The molecule has 0 saturated carbocycles. The van der Waals surface area contributed by atoms with E-state index in [1.165, 1.54) is 0 Å². The summed E-state index contributed by atoms with van der Waals surface area (Å²) in [6.07, 6.45) is 0.368. The Kier molecular flexibility index (Phi) is 5.06. The Morgan fingerprint density at radius 1 is 1.25 bits per heavy atom. The second kappa shape index (κ2) is 7.00. The molecule has 0 radical (unpaired) electrons. The lowest BCUT2D eigenvalue weighted by molar-refractivity contribution is -0.115. The summed E-state index contributed by atoms with van der Waals surface area (Å²) in [5, 5.41) is 15.9. The first kappa shape index (κ1) is 14.5. The quantitative estimate of drug-likeness (QED) is 0.858. The van der Waals surface area contributed by atoms with Crippen molar-refractivity contribution in [3.05, 3.63) is 34.5 Å². The van der Waals surface area contributed by atoms with Crippen LogP contribution in [0.1, 0.15) is 18.7 Å². The molecule has 2 aromatic heterocycles. The van der Waals surface area contributed by atoms with Crippen LogP contribution < -0.4 is 10.6 Å². The Hall–Kier alpha value is -1.95. The average Bonchev–Trinajstić information content (AvgIpc) is 2.90. The first-order valence-corrected chi connectivity index (χ1v) is 7.41. The Morgan fingerprint density at radius 2 is 2.00 bits per heavy atom. The summed E-state index contributed by atoms with van der Waals surface area (Å²) < 4.78 is 0. The molecule has 0 aliphatic heterocycles. The molecule has 0 aromatic carbocycles. The lowest BCUT2D eigenvalue weighted by Gasteiger charge is -2.08. The molecule has 2 heterocycles. The van der Waals surface area contributed by atoms with Gasteiger partial charge in [-0.25, -0.2) is 0 Å². The van der Waals surface area contributed by atoms with Crippen molar-refractivity contribution in [2.45, 2.75) is 20.3 Å². The van der Waals surface area contributed by atoms with E-state index in [1.807, 2.05) is 23.6 Å². The molecule has 1 amide bonds. The van der Waals surface area contributed by atoms with Gasteiger partial charge in [-0.15, -0.1) is 21.5 Å². The number of thiophene rings is 1. The third-order valence-corrected chi connectivity index (χ3v) is 3.41. The molecule has 0 bridgehead atoms. The number of anilines is 2. The van der Waals surface area contributed by atoms with Gasteiger partial charge in [-0.1, -0.05) is 19.9 Å². The maximum absolute atomic E-state index is 11.8. The molecule has 0 saturated heterocycles. The highest BCUT2D eigenvalue weighted by Gasteiger charge is 2.06. The molecule has 2 rings (SSSR count). The van der Waals surface area contributed by atoms with Crippen molar-refractivity contribution in [1.82, 2.24) is 10.2 Å². The summed E-state index contributed by atoms with van der Waals surface area (Å²) in [4.78, 5) is 12.8. The molecule has 20 heavy (non-hydrogen) atoms. The molecule has 5 nitrogen and oxygen atoms in total. The van der Waals surface area contributed by atoms with Crippen molar-refractivity contribution in [1.29, 1.82) is 0 Å². The monoisotopic (exact) mass is 290 g/mol. The van der Waals surface area contributed by atoms with E-state index in [0.29, 0.717) is 18.2 Å². The van der Waals surface area contributed by atoms with E-state index in [4.69, 9.17) is 0 Å². The maximum Gasteiger partial charge on any atom is 0.230 e. The van der Waals surface area contributed by atoms with Crippen LogP contribution in [0.4, 0.5) is 11.6 Å². The SMILES string of the molecule is CC(C)CNc1ccc(NC(=O)Cc2cccs2)nn1. The molecular weight excluding hydrogens is 272 g/mol. The van der Waals surface area contributed by atoms with Crippen LogP contribution in [0, 0.1) is 5.92 Å². The van der Waals surface area contributed by atoms with Gasteiger partial charge in [0, 0.05) is 11.4 Å². The van der Waals surface area contributed by atoms with E-state index in [0.717, 1.165) is 17.2 Å². The number of amides is 1. The van der Waals surface area contributed by atoms with Crippen molar-refractivity contribution >= 4 is 28.9 Å². The van der Waals surface area contributed by atoms with Crippen LogP contribution in [0.3, 0.4) is 0 Å². The van der Waals surface area contributed by atoms with Crippen molar-refractivity contribution in [2.24, 2.45) is 5.92 Å². The summed E-state index contributed by atoms with van der Waals surface area (Å²) in [6, 6.07) is 7.44. The zero-order valence-electron chi connectivity index (χ0n) is 11.6. The van der Waals surface area contributed by atoms with Crippen LogP contribution in [0.25, 0.3) is 0 Å². The summed E-state index contributed by atoms with van der Waals surface area (Å²) in [6.45, 7) is 5.10. The number of rotatable bonds is 6. The minimum atomic E-state index is -0.0790. The Bertz CT molecular complexity index is 537. The van der Waals surface area contributed by atoms with Crippen molar-refractivity contribution < 1.29 is 4.79 Å². The number of hydrogen-bond donors (Lipinski definition) is 2. The molecule has 0 atom stereocenters. The van der Waals surface area contributed by atoms with Gasteiger partial charge >= 0.3 is 0 Å². The lowest BCUT2D eigenvalue weighted by Crippen LogP contribution is -2.15. The predicted octanol–water partition coefficient (Wildman–Crippen LogP) is 2.79. The summed E-state index contributed by atoms with van der Waals surface area (Å²) >= 11 is 1.57. The minimum absolute atomic E-state index is 0.0790.